The molecule has 78 valence electrons. The van der Waals surface area contributed by atoms with Crippen LogP contribution in [0.5, 0.6) is 0 Å². The smallest absolute Gasteiger partial charge is 0.308 e. The second-order valence-corrected chi connectivity index (χ2v) is 3.23. The number of carboxylic acid groups (broad SMARTS) is 1. The van der Waals surface area contributed by atoms with E-state index in [0.29, 0.717) is 0 Å². The van der Waals surface area contributed by atoms with Crippen LogP contribution in [0.25, 0.3) is 0 Å². The van der Waals surface area contributed by atoms with Crippen molar-refractivity contribution in [1.29, 1.82) is 0 Å². The summed E-state index contributed by atoms with van der Waals surface area (Å²) in [6.45, 7) is 2.36. The lowest BCUT2D eigenvalue weighted by Crippen LogP contribution is -2.38. The van der Waals surface area contributed by atoms with E-state index < -0.39 is 36.6 Å². The fourth-order valence-electron chi connectivity index (χ4n) is 0.995. The lowest BCUT2D eigenvalue weighted by molar-refractivity contribution is -0.147. The zero-order valence-electron chi connectivity index (χ0n) is 7.71. The molecule has 0 heterocycles. The molecule has 0 rings (SSSR count). The second-order valence-electron chi connectivity index (χ2n) is 3.23. The van der Waals surface area contributed by atoms with Crippen molar-refractivity contribution in [2.45, 2.75) is 26.1 Å². The Morgan fingerprint density at radius 1 is 1.31 bits per heavy atom. The van der Waals surface area contributed by atoms with Crippen molar-refractivity contribution in [2.24, 2.45) is 11.8 Å². The molecule has 0 amide bonds. The highest BCUT2D eigenvalue weighted by Crippen LogP contribution is 2.16. The number of aliphatic hydroxyl groups is 3. The topological polar surface area (TPSA) is 98.0 Å². The summed E-state index contributed by atoms with van der Waals surface area (Å²) in [5.74, 6) is -2.73. The number of hydrogen-bond donors (Lipinski definition) is 4. The van der Waals surface area contributed by atoms with E-state index in [-0.39, 0.29) is 0 Å². The Hall–Kier alpha value is -0.650. The first-order chi connectivity index (χ1) is 5.91. The molecule has 0 aromatic rings. The lowest BCUT2D eigenvalue weighted by Gasteiger charge is -2.25. The summed E-state index contributed by atoms with van der Waals surface area (Å²) in [4.78, 5) is 10.5. The number of carboxylic acids is 1. The third-order valence-electron chi connectivity index (χ3n) is 2.23. The molecule has 0 aliphatic carbocycles. The summed E-state index contributed by atoms with van der Waals surface area (Å²) >= 11 is 0. The molecule has 0 bridgehead atoms. The van der Waals surface area contributed by atoms with Crippen LogP contribution in [-0.4, -0.2) is 45.2 Å². The van der Waals surface area contributed by atoms with Crippen molar-refractivity contribution < 1.29 is 25.2 Å². The predicted octanol–water partition coefficient (Wildman–Crippen LogP) is -0.943. The molecule has 0 aliphatic rings. The van der Waals surface area contributed by atoms with E-state index in [0.717, 1.165) is 0 Å². The highest BCUT2D eigenvalue weighted by Gasteiger charge is 2.30. The van der Waals surface area contributed by atoms with Gasteiger partial charge in [-0.2, -0.15) is 0 Å². The van der Waals surface area contributed by atoms with Gasteiger partial charge in [0.05, 0.1) is 24.7 Å². The Kier molecular flexibility index (Phi) is 4.90. The van der Waals surface area contributed by atoms with Gasteiger partial charge >= 0.3 is 5.97 Å². The largest absolute Gasteiger partial charge is 0.481 e. The van der Waals surface area contributed by atoms with Crippen molar-refractivity contribution in [3.8, 4) is 0 Å². The first kappa shape index (κ1) is 12.3. The maximum atomic E-state index is 10.5. The summed E-state index contributed by atoms with van der Waals surface area (Å²) in [5.41, 5.74) is 0. The molecular weight excluding hydrogens is 176 g/mol. The molecule has 4 atom stereocenters. The van der Waals surface area contributed by atoms with E-state index in [1.165, 1.54) is 13.8 Å². The number of hydrogen-bond acceptors (Lipinski definition) is 4. The van der Waals surface area contributed by atoms with Crippen LogP contribution in [0.2, 0.25) is 0 Å². The molecule has 0 aromatic heterocycles. The minimum absolute atomic E-state index is 0.482. The zero-order valence-corrected chi connectivity index (χ0v) is 7.71. The third-order valence-corrected chi connectivity index (χ3v) is 2.23. The Morgan fingerprint density at radius 3 is 2.08 bits per heavy atom. The van der Waals surface area contributed by atoms with Gasteiger partial charge in [-0.15, -0.1) is 0 Å². The van der Waals surface area contributed by atoms with Gasteiger partial charge in [-0.1, -0.05) is 6.92 Å². The van der Waals surface area contributed by atoms with E-state index >= 15 is 0 Å². The molecule has 5 heteroatoms. The van der Waals surface area contributed by atoms with Gasteiger partial charge in [0.25, 0.3) is 0 Å². The number of aliphatic carboxylic acids is 1. The highest BCUT2D eigenvalue weighted by molar-refractivity contribution is 5.70. The summed E-state index contributed by atoms with van der Waals surface area (Å²) in [5, 5.41) is 35.6. The van der Waals surface area contributed by atoms with E-state index in [2.05, 4.69) is 0 Å². The van der Waals surface area contributed by atoms with Gasteiger partial charge in [0.1, 0.15) is 0 Å². The Bertz CT molecular complexity index is 170. The van der Waals surface area contributed by atoms with Crippen molar-refractivity contribution >= 4 is 5.97 Å². The summed E-state index contributed by atoms with van der Waals surface area (Å²) < 4.78 is 0. The van der Waals surface area contributed by atoms with Gasteiger partial charge in [-0.05, 0) is 6.92 Å². The molecule has 0 aromatic carbocycles. The standard InChI is InChI=1S/C8H16O5/c1-4(6(10)3-9)7(11)5(2)8(12)13/h4-7,9-11H,3H2,1-2H3,(H,12,13)/t4?,5?,6-,7+/m1/s1. The molecule has 4 N–H and O–H groups in total. The monoisotopic (exact) mass is 192 g/mol. The van der Waals surface area contributed by atoms with Gasteiger partial charge < -0.3 is 20.4 Å². The fraction of sp³-hybridized carbons (Fsp3) is 0.875. The van der Waals surface area contributed by atoms with Crippen molar-refractivity contribution in [1.82, 2.24) is 0 Å². The number of aliphatic hydroxyl groups excluding tert-OH is 3. The van der Waals surface area contributed by atoms with Gasteiger partial charge in [-0.3, -0.25) is 4.79 Å². The lowest BCUT2D eigenvalue weighted by atomic mass is 9.90. The van der Waals surface area contributed by atoms with Crippen LogP contribution in [0.1, 0.15) is 13.8 Å². The van der Waals surface area contributed by atoms with Crippen LogP contribution in [0.4, 0.5) is 0 Å². The van der Waals surface area contributed by atoms with E-state index in [4.69, 9.17) is 15.3 Å². The second kappa shape index (κ2) is 5.16. The maximum Gasteiger partial charge on any atom is 0.308 e. The third kappa shape index (κ3) is 3.30. The van der Waals surface area contributed by atoms with Gasteiger partial charge in [0.15, 0.2) is 0 Å². The molecular formula is C8H16O5. The SMILES string of the molecule is CC(C(=O)O)[C@@H](O)C(C)[C@H](O)CO. The average Bonchev–Trinajstić information content (AvgIpc) is 2.12. The van der Waals surface area contributed by atoms with E-state index in [9.17, 15) is 9.90 Å². The minimum atomic E-state index is -1.15. The number of carbonyl (C=O) groups is 1. The predicted molar refractivity (Wildman–Crippen MR) is 45.1 cm³/mol. The summed E-state index contributed by atoms with van der Waals surface area (Å²) in [6, 6.07) is 0. The van der Waals surface area contributed by atoms with Crippen molar-refractivity contribution in [2.75, 3.05) is 6.61 Å². The quantitative estimate of drug-likeness (QED) is 0.450. The Labute approximate surface area is 76.6 Å². The van der Waals surface area contributed by atoms with Gasteiger partial charge in [-0.25, -0.2) is 0 Å². The molecule has 5 nitrogen and oxygen atoms in total. The Balaban J connectivity index is 4.24. The average molecular weight is 192 g/mol. The maximum absolute atomic E-state index is 10.5. The first-order valence-electron chi connectivity index (χ1n) is 4.11. The van der Waals surface area contributed by atoms with Gasteiger partial charge in [0, 0.05) is 5.92 Å². The van der Waals surface area contributed by atoms with Crippen LogP contribution in [0.15, 0.2) is 0 Å². The van der Waals surface area contributed by atoms with Gasteiger partial charge in [0.2, 0.25) is 0 Å². The molecule has 2 unspecified atom stereocenters. The van der Waals surface area contributed by atoms with Crippen LogP contribution in [0.3, 0.4) is 0 Å². The van der Waals surface area contributed by atoms with E-state index in [1.807, 2.05) is 0 Å². The van der Waals surface area contributed by atoms with Crippen molar-refractivity contribution in [3.05, 3.63) is 0 Å². The number of rotatable bonds is 5. The molecule has 0 fully saturated rings. The molecule has 0 saturated heterocycles. The molecule has 0 aliphatic heterocycles. The minimum Gasteiger partial charge on any atom is -0.481 e. The van der Waals surface area contributed by atoms with Crippen LogP contribution in [0, 0.1) is 11.8 Å². The highest BCUT2D eigenvalue weighted by atomic mass is 16.4. The van der Waals surface area contributed by atoms with Crippen LogP contribution < -0.4 is 0 Å². The van der Waals surface area contributed by atoms with E-state index in [1.54, 1.807) is 0 Å². The normalized spacial score (nSPS) is 20.4. The summed E-state index contributed by atoms with van der Waals surface area (Å²) in [6.07, 6.45) is -2.24. The zero-order chi connectivity index (χ0) is 10.6. The van der Waals surface area contributed by atoms with Crippen LogP contribution >= 0.6 is 0 Å². The first-order valence-corrected chi connectivity index (χ1v) is 4.11. The Morgan fingerprint density at radius 2 is 1.77 bits per heavy atom. The molecule has 0 spiro atoms. The van der Waals surface area contributed by atoms with Crippen molar-refractivity contribution in [3.63, 3.8) is 0 Å². The molecule has 0 saturated carbocycles. The molecule has 0 radical (unpaired) electrons. The van der Waals surface area contributed by atoms with Crippen LogP contribution in [-0.2, 0) is 4.79 Å². The summed E-state index contributed by atoms with van der Waals surface area (Å²) in [7, 11) is 0. The fourth-order valence-corrected chi connectivity index (χ4v) is 0.995. The molecule has 13 heavy (non-hydrogen) atoms.